The molecule has 3 rings (SSSR count). The van der Waals surface area contributed by atoms with Crippen LogP contribution in [0.15, 0.2) is 48.5 Å². The zero-order valence-electron chi connectivity index (χ0n) is 10.1. The number of fused-ring (bicyclic) bond motifs is 2. The molecule has 0 saturated heterocycles. The van der Waals surface area contributed by atoms with Crippen LogP contribution in [0.5, 0.6) is 0 Å². The van der Waals surface area contributed by atoms with Crippen LogP contribution >= 0.6 is 0 Å². The number of nitrogen functional groups attached to an aromatic ring is 1. The average molecular weight is 224 g/mol. The van der Waals surface area contributed by atoms with Crippen LogP contribution in [-0.4, -0.2) is 4.98 Å². The number of nitrogens with two attached hydrogens (primary N) is 1. The molecule has 0 bridgehead atoms. The average Bonchev–Trinajstić information content (AvgIpc) is 2.41. The molecule has 0 atom stereocenters. The Morgan fingerprint density at radius 2 is 1.18 bits per heavy atom. The highest BCUT2D eigenvalue weighted by molar-refractivity contribution is 6.06. The van der Waals surface area contributed by atoms with E-state index in [0.29, 0.717) is 0 Å². The molecule has 0 aliphatic carbocycles. The highest BCUT2D eigenvalue weighted by Crippen LogP contribution is 2.27. The van der Waals surface area contributed by atoms with E-state index in [2.05, 4.69) is 4.98 Å². The number of hydrogen-bond donors (Lipinski definition) is 1. The van der Waals surface area contributed by atoms with Crippen LogP contribution < -0.4 is 5.73 Å². The Bertz CT molecular complexity index is 591. The molecule has 0 fully saturated rings. The monoisotopic (exact) mass is 224 g/mol. The topological polar surface area (TPSA) is 38.9 Å². The van der Waals surface area contributed by atoms with Crippen molar-refractivity contribution >= 4 is 27.5 Å². The lowest BCUT2D eigenvalue weighted by molar-refractivity contribution is 1.50. The number of aromatic nitrogens is 1. The van der Waals surface area contributed by atoms with E-state index in [0.717, 1.165) is 27.5 Å². The van der Waals surface area contributed by atoms with Crippen LogP contribution in [0.25, 0.3) is 21.8 Å². The summed E-state index contributed by atoms with van der Waals surface area (Å²) in [4.78, 5) is 4.56. The van der Waals surface area contributed by atoms with Gasteiger partial charge in [0.25, 0.3) is 0 Å². The number of rotatable bonds is 0. The summed E-state index contributed by atoms with van der Waals surface area (Å²) in [6.07, 6.45) is 0. The Morgan fingerprint density at radius 1 is 0.765 bits per heavy atom. The first-order valence-corrected chi connectivity index (χ1v) is 5.89. The number of benzene rings is 2. The number of para-hydroxylation sites is 2. The summed E-state index contributed by atoms with van der Waals surface area (Å²) in [5.41, 5.74) is 8.84. The van der Waals surface area contributed by atoms with Gasteiger partial charge in [0, 0.05) is 10.8 Å². The maximum Gasteiger partial charge on any atom is 0.0730 e. The summed E-state index contributed by atoms with van der Waals surface area (Å²) in [5, 5.41) is 2.05. The lowest BCUT2D eigenvalue weighted by atomic mass is 10.1. The van der Waals surface area contributed by atoms with Gasteiger partial charge in [-0.05, 0) is 12.1 Å². The summed E-state index contributed by atoms with van der Waals surface area (Å²) >= 11 is 0. The first kappa shape index (κ1) is 11.4. The molecule has 2 aromatic carbocycles. The van der Waals surface area contributed by atoms with E-state index in [1.165, 1.54) is 0 Å². The minimum Gasteiger partial charge on any atom is -0.398 e. The van der Waals surface area contributed by atoms with Crippen molar-refractivity contribution in [2.45, 2.75) is 13.8 Å². The van der Waals surface area contributed by atoms with E-state index in [1.54, 1.807) is 0 Å². The minimum absolute atomic E-state index is 0.816. The second kappa shape index (κ2) is 4.83. The van der Waals surface area contributed by atoms with Gasteiger partial charge in [-0.25, -0.2) is 4.98 Å². The predicted molar refractivity (Wildman–Crippen MR) is 75.0 cm³/mol. The molecule has 1 heterocycles. The second-order valence-corrected chi connectivity index (χ2v) is 3.56. The Balaban J connectivity index is 0.000000514. The zero-order chi connectivity index (χ0) is 12.3. The fourth-order valence-electron chi connectivity index (χ4n) is 1.87. The summed E-state index contributed by atoms with van der Waals surface area (Å²) in [6, 6.07) is 15.9. The predicted octanol–water partition coefficient (Wildman–Crippen LogP) is 4.00. The molecule has 2 N–H and O–H groups in total. The van der Waals surface area contributed by atoms with Crippen molar-refractivity contribution in [2.75, 3.05) is 5.73 Å². The largest absolute Gasteiger partial charge is 0.398 e. The quantitative estimate of drug-likeness (QED) is 0.586. The lowest BCUT2D eigenvalue weighted by Crippen LogP contribution is -1.91. The molecule has 0 radical (unpaired) electrons. The summed E-state index contributed by atoms with van der Waals surface area (Å²) < 4.78 is 0. The standard InChI is InChI=1S/C13H10N2.C2H6/c14-13-9-5-1-3-7-11(9)15-12-8-4-2-6-10(12)13;1-2/h1-8H,(H2,14,15);1-2H3. The fraction of sp³-hybridized carbons (Fsp3) is 0.133. The third-order valence-electron chi connectivity index (χ3n) is 2.63. The van der Waals surface area contributed by atoms with Crippen molar-refractivity contribution in [2.24, 2.45) is 0 Å². The second-order valence-electron chi connectivity index (χ2n) is 3.56. The van der Waals surface area contributed by atoms with Crippen LogP contribution in [-0.2, 0) is 0 Å². The van der Waals surface area contributed by atoms with Gasteiger partial charge in [-0.1, -0.05) is 50.2 Å². The highest BCUT2D eigenvalue weighted by Gasteiger charge is 2.03. The summed E-state index contributed by atoms with van der Waals surface area (Å²) in [5.74, 6) is 0. The molecule has 17 heavy (non-hydrogen) atoms. The molecule has 0 spiro atoms. The van der Waals surface area contributed by atoms with E-state index in [4.69, 9.17) is 5.73 Å². The minimum atomic E-state index is 0.816. The molecule has 2 nitrogen and oxygen atoms in total. The Labute approximate surface area is 101 Å². The van der Waals surface area contributed by atoms with Crippen LogP contribution in [0.2, 0.25) is 0 Å². The van der Waals surface area contributed by atoms with Crippen molar-refractivity contribution in [3.8, 4) is 0 Å². The van der Waals surface area contributed by atoms with Crippen LogP contribution in [0.4, 0.5) is 5.69 Å². The van der Waals surface area contributed by atoms with E-state index in [-0.39, 0.29) is 0 Å². The molecule has 3 aromatic rings. The van der Waals surface area contributed by atoms with Gasteiger partial charge in [0.05, 0.1) is 16.7 Å². The molecule has 1 aromatic heterocycles. The van der Waals surface area contributed by atoms with E-state index >= 15 is 0 Å². The molecular formula is C15H16N2. The third kappa shape index (κ3) is 1.94. The van der Waals surface area contributed by atoms with Crippen LogP contribution in [0.3, 0.4) is 0 Å². The maximum atomic E-state index is 6.11. The number of nitrogens with zero attached hydrogens (tertiary/aromatic N) is 1. The van der Waals surface area contributed by atoms with Gasteiger partial charge in [-0.2, -0.15) is 0 Å². The molecule has 0 aliphatic rings. The van der Waals surface area contributed by atoms with Crippen LogP contribution in [0, 0.1) is 0 Å². The van der Waals surface area contributed by atoms with Crippen molar-refractivity contribution in [1.29, 1.82) is 0 Å². The molecule has 2 heteroatoms. The van der Waals surface area contributed by atoms with E-state index in [1.807, 2.05) is 62.4 Å². The Hall–Kier alpha value is -2.09. The van der Waals surface area contributed by atoms with Gasteiger partial charge in [-0.3, -0.25) is 0 Å². The summed E-state index contributed by atoms with van der Waals surface area (Å²) in [6.45, 7) is 4.00. The zero-order valence-corrected chi connectivity index (χ0v) is 10.1. The van der Waals surface area contributed by atoms with Gasteiger partial charge in [0.15, 0.2) is 0 Å². The number of hydrogen-bond acceptors (Lipinski definition) is 2. The van der Waals surface area contributed by atoms with Gasteiger partial charge in [0.1, 0.15) is 0 Å². The van der Waals surface area contributed by atoms with Gasteiger partial charge >= 0.3 is 0 Å². The molecule has 0 amide bonds. The molecule has 86 valence electrons. The smallest absolute Gasteiger partial charge is 0.0730 e. The first-order chi connectivity index (χ1) is 8.36. The maximum absolute atomic E-state index is 6.11. The fourth-order valence-corrected chi connectivity index (χ4v) is 1.87. The third-order valence-corrected chi connectivity index (χ3v) is 2.63. The number of pyridine rings is 1. The molecular weight excluding hydrogens is 208 g/mol. The molecule has 0 aliphatic heterocycles. The van der Waals surface area contributed by atoms with Gasteiger partial charge in [0.2, 0.25) is 0 Å². The van der Waals surface area contributed by atoms with Crippen molar-refractivity contribution in [3.05, 3.63) is 48.5 Å². The Kier molecular flexibility index (Phi) is 3.24. The lowest BCUT2D eigenvalue weighted by Gasteiger charge is -2.05. The van der Waals surface area contributed by atoms with Gasteiger partial charge in [-0.15, -0.1) is 0 Å². The molecule has 0 unspecified atom stereocenters. The van der Waals surface area contributed by atoms with Crippen molar-refractivity contribution in [3.63, 3.8) is 0 Å². The SMILES string of the molecule is CC.Nc1c2ccccc2nc2ccccc12. The van der Waals surface area contributed by atoms with Crippen LogP contribution in [0.1, 0.15) is 13.8 Å². The Morgan fingerprint density at radius 3 is 1.65 bits per heavy atom. The summed E-state index contributed by atoms with van der Waals surface area (Å²) in [7, 11) is 0. The highest BCUT2D eigenvalue weighted by atomic mass is 14.7. The van der Waals surface area contributed by atoms with Gasteiger partial charge < -0.3 is 5.73 Å². The van der Waals surface area contributed by atoms with Crippen molar-refractivity contribution in [1.82, 2.24) is 4.98 Å². The normalized spacial score (nSPS) is 10.0. The first-order valence-electron chi connectivity index (χ1n) is 5.89. The van der Waals surface area contributed by atoms with E-state index < -0.39 is 0 Å². The number of anilines is 1. The van der Waals surface area contributed by atoms with E-state index in [9.17, 15) is 0 Å². The van der Waals surface area contributed by atoms with Crippen molar-refractivity contribution < 1.29 is 0 Å². The molecule has 0 saturated carbocycles.